The predicted octanol–water partition coefficient (Wildman–Crippen LogP) is -0.121. The maximum atomic E-state index is 10.9. The summed E-state index contributed by atoms with van der Waals surface area (Å²) in [5, 5.41) is 20.6. The number of aliphatic hydroxyl groups is 1. The number of carbonyl (C=O) groups excluding carboxylic acids is 1. The van der Waals surface area contributed by atoms with E-state index in [0.29, 0.717) is 25.2 Å². The van der Waals surface area contributed by atoms with Gasteiger partial charge in [0.25, 0.3) is 0 Å². The molecule has 13 heavy (non-hydrogen) atoms. The molecule has 0 aliphatic heterocycles. The van der Waals surface area contributed by atoms with Crippen LogP contribution in [0.5, 0.6) is 0 Å². The summed E-state index contributed by atoms with van der Waals surface area (Å²) in [6.07, 6.45) is 0.185. The number of hydrogen-bond donors (Lipinski definition) is 1. The summed E-state index contributed by atoms with van der Waals surface area (Å²) in [6.45, 7) is 2.89. The third-order valence-corrected chi connectivity index (χ3v) is 1.49. The minimum absolute atomic E-state index is 0.185. The zero-order valence-electron chi connectivity index (χ0n) is 7.10. The fraction of sp³-hybridized carbons (Fsp3) is 0.800. The van der Waals surface area contributed by atoms with E-state index in [1.54, 1.807) is 6.92 Å². The molecule has 0 rings (SSSR count). The minimum atomic E-state index is -1.61. The van der Waals surface area contributed by atoms with E-state index >= 15 is 0 Å². The van der Waals surface area contributed by atoms with Crippen molar-refractivity contribution >= 4 is 5.97 Å². The van der Waals surface area contributed by atoms with E-state index in [2.05, 4.69) is 23.0 Å². The molecule has 0 saturated heterocycles. The zero-order chi connectivity index (χ0) is 10.3. The van der Waals surface area contributed by atoms with Gasteiger partial charge in [-0.2, -0.15) is 0 Å². The van der Waals surface area contributed by atoms with Gasteiger partial charge in [0.15, 0.2) is 0 Å². The summed E-state index contributed by atoms with van der Waals surface area (Å²) in [6, 6.07) is 0. The van der Waals surface area contributed by atoms with Crippen LogP contribution in [-0.2, 0) is 52.9 Å². The van der Waals surface area contributed by atoms with Crippen LogP contribution in [0.3, 0.4) is 0 Å². The molecule has 1 unspecified atom stereocenters. The molecule has 0 aromatic rings. The zero-order valence-corrected chi connectivity index (χ0v) is 9.56. The molecule has 0 spiro atoms. The molecule has 0 fully saturated rings. The summed E-state index contributed by atoms with van der Waals surface area (Å²) in [4.78, 5) is 14.9. The first kappa shape index (κ1) is 13.2. The molecule has 0 radical (unpaired) electrons. The average molecular weight is 272 g/mol. The molecule has 7 nitrogen and oxygen atoms in total. The van der Waals surface area contributed by atoms with Gasteiger partial charge in [0, 0.05) is 0 Å². The van der Waals surface area contributed by atoms with Gasteiger partial charge in [-0.15, -0.1) is 0 Å². The van der Waals surface area contributed by atoms with Crippen molar-refractivity contribution in [1.29, 1.82) is 0 Å². The van der Waals surface area contributed by atoms with Gasteiger partial charge < -0.3 is 0 Å². The number of hydrogen-bond acceptors (Lipinski definition) is 7. The molecule has 1 N–H and O–H groups in total. The monoisotopic (exact) mass is 271 g/mol. The average Bonchev–Trinajstić information content (AvgIpc) is 2.12. The normalized spacial score (nSPS) is 14.9. The van der Waals surface area contributed by atoms with Crippen molar-refractivity contribution in [3.63, 3.8) is 0 Å². The Morgan fingerprint density at radius 2 is 2.08 bits per heavy atom. The molecule has 0 aliphatic carbocycles. The first-order valence-corrected chi connectivity index (χ1v) is 4.32. The van der Waals surface area contributed by atoms with Crippen molar-refractivity contribution in [1.82, 2.24) is 0 Å². The summed E-state index contributed by atoms with van der Waals surface area (Å²) in [7, 11) is 0. The van der Waals surface area contributed by atoms with Crippen LogP contribution in [0.1, 0.15) is 20.3 Å². The molecule has 0 aromatic carbocycles. The van der Waals surface area contributed by atoms with Crippen LogP contribution in [0.4, 0.5) is 0 Å². The van der Waals surface area contributed by atoms with Gasteiger partial charge in [-0.25, -0.2) is 0 Å². The Kier molecular flexibility index (Phi) is 6.66. The molecular formula is C5H9O7Zr. The van der Waals surface area contributed by atoms with Gasteiger partial charge in [0.1, 0.15) is 0 Å². The van der Waals surface area contributed by atoms with Crippen LogP contribution in [0.2, 0.25) is 0 Å². The molecule has 0 saturated carbocycles. The summed E-state index contributed by atoms with van der Waals surface area (Å²) >= 11 is 0.588. The quantitative estimate of drug-likeness (QED) is 0.410. The van der Waals surface area contributed by atoms with Crippen molar-refractivity contribution in [2.45, 2.75) is 25.9 Å². The maximum absolute atomic E-state index is 10.9. The molecule has 8 heteroatoms. The van der Waals surface area contributed by atoms with Gasteiger partial charge in [-0.3, -0.25) is 0 Å². The summed E-state index contributed by atoms with van der Waals surface area (Å²) in [5.74, 6) is -0.984. The van der Waals surface area contributed by atoms with E-state index in [1.807, 2.05) is 0 Å². The molecule has 75 valence electrons. The van der Waals surface area contributed by atoms with Crippen LogP contribution in [0.15, 0.2) is 0 Å². The molecule has 0 aromatic heterocycles. The standard InChI is InChI=1S/C5H10O7.Zr/c1-3-5(2,7)4(6)9-11-12-10-8;/h7-8H,3H2,1-2H3;/q;+1/p-1. The number of carbonyl (C=O) groups is 1. The van der Waals surface area contributed by atoms with E-state index < -0.39 is 11.6 Å². The first-order valence-electron chi connectivity index (χ1n) is 3.31. The Morgan fingerprint density at radius 3 is 2.54 bits per heavy atom. The molecule has 0 aliphatic rings. The Labute approximate surface area is 90.0 Å². The van der Waals surface area contributed by atoms with Crippen LogP contribution >= 0.6 is 0 Å². The Morgan fingerprint density at radius 1 is 1.46 bits per heavy atom. The van der Waals surface area contributed by atoms with Gasteiger partial charge in [-0.05, 0) is 0 Å². The van der Waals surface area contributed by atoms with E-state index in [4.69, 9.17) is 0 Å². The topological polar surface area (TPSA) is 83.5 Å². The van der Waals surface area contributed by atoms with Crippen molar-refractivity contribution in [2.75, 3.05) is 0 Å². The first-order chi connectivity index (χ1) is 6.04. The molecule has 1 atom stereocenters. The Balaban J connectivity index is 3.62. The van der Waals surface area contributed by atoms with Gasteiger partial charge >= 0.3 is 89.9 Å². The van der Waals surface area contributed by atoms with Gasteiger partial charge in [0.2, 0.25) is 0 Å². The second-order valence-electron chi connectivity index (χ2n) is 2.29. The predicted molar refractivity (Wildman–Crippen MR) is 31.3 cm³/mol. The fourth-order valence-electron chi connectivity index (χ4n) is 0.304. The van der Waals surface area contributed by atoms with Crippen LogP contribution in [0.25, 0.3) is 0 Å². The van der Waals surface area contributed by atoms with Crippen LogP contribution in [0, 0.1) is 0 Å². The third kappa shape index (κ3) is 5.46. The van der Waals surface area contributed by atoms with Crippen molar-refractivity contribution in [3.05, 3.63) is 0 Å². The second-order valence-corrected chi connectivity index (χ2v) is 2.70. The van der Waals surface area contributed by atoms with E-state index in [-0.39, 0.29) is 6.42 Å². The van der Waals surface area contributed by atoms with Crippen LogP contribution in [-0.4, -0.2) is 16.7 Å². The molecule has 0 bridgehead atoms. The van der Waals surface area contributed by atoms with Gasteiger partial charge in [0.05, 0.1) is 0 Å². The Hall–Kier alpha value is 0.153. The fourth-order valence-corrected chi connectivity index (χ4v) is 0.372. The van der Waals surface area contributed by atoms with Crippen LogP contribution < -0.4 is 0 Å². The van der Waals surface area contributed by atoms with E-state index in [9.17, 15) is 9.90 Å². The molecular weight excluding hydrogens is 263 g/mol. The Bertz CT molecular complexity index is 159. The summed E-state index contributed by atoms with van der Waals surface area (Å²) in [5.41, 5.74) is -1.61. The summed E-state index contributed by atoms with van der Waals surface area (Å²) < 4.78 is 4.02. The van der Waals surface area contributed by atoms with Crippen molar-refractivity contribution < 1.29 is 58.0 Å². The van der Waals surface area contributed by atoms with Gasteiger partial charge in [-0.1, -0.05) is 0 Å². The SMILES string of the molecule is CCC(C)(O)C(=O)OOOO[O][Zr]. The molecule has 0 heterocycles. The third-order valence-electron chi connectivity index (χ3n) is 1.33. The van der Waals surface area contributed by atoms with E-state index in [1.165, 1.54) is 6.92 Å². The van der Waals surface area contributed by atoms with Crippen molar-refractivity contribution in [3.8, 4) is 0 Å². The molecule has 0 amide bonds. The number of rotatable bonds is 6. The van der Waals surface area contributed by atoms with Crippen molar-refractivity contribution in [2.24, 2.45) is 0 Å². The second kappa shape index (κ2) is 6.58. The van der Waals surface area contributed by atoms with E-state index in [0.717, 1.165) is 0 Å².